The molecule has 4 aliphatic heterocycles. The zero-order valence-electron chi connectivity index (χ0n) is 41.7. The van der Waals surface area contributed by atoms with Crippen LogP contribution in [0.2, 0.25) is 0 Å². The van der Waals surface area contributed by atoms with E-state index in [0.717, 1.165) is 0 Å². The molecule has 0 amide bonds. The van der Waals surface area contributed by atoms with Crippen LogP contribution in [0.15, 0.2) is 121 Å². The van der Waals surface area contributed by atoms with E-state index in [-0.39, 0.29) is 24.3 Å². The number of hydrogen-bond acceptors (Lipinski definition) is 0. The van der Waals surface area contributed by atoms with Gasteiger partial charge in [0.05, 0.1) is 0 Å². The van der Waals surface area contributed by atoms with Gasteiger partial charge in [0.25, 0.3) is 0 Å². The second-order valence-electron chi connectivity index (χ2n) is 23.5. The summed E-state index contributed by atoms with van der Waals surface area (Å²) in [6.07, 6.45) is 0. The van der Waals surface area contributed by atoms with Crippen LogP contribution in [-0.4, -0.2) is 13.4 Å². The van der Waals surface area contributed by atoms with Crippen LogP contribution in [0.5, 0.6) is 0 Å². The molecule has 0 bridgehead atoms. The Morgan fingerprint density at radius 3 is 1.00 bits per heavy atom. The number of aryl methyl sites for hydroxylation is 6. The van der Waals surface area contributed by atoms with Gasteiger partial charge in [-0.1, -0.05) is 195 Å². The summed E-state index contributed by atoms with van der Waals surface area (Å²) in [5.41, 5.74) is 36.2. The predicted octanol–water partition coefficient (Wildman–Crippen LogP) is 13.3. The van der Waals surface area contributed by atoms with E-state index >= 15 is 0 Å². The standard InChI is InChI=1S/C66H56B2/c1-33-21-35(3)57(36(4)22-33)43-29-45-51-27-39(65(7,8)9)25-49-41-17-14-16-20-54(41)68(63(49)51)56-32-48-44(58-37(5)23-34(2)24-38(58)6)30-46-52-28-40(66(10,11)12)26-50-42-18-13-15-19-53(42)67(64(50)52)55-31-47(43)61(59(45)56)62(48)60(46)55/h13-32H,1-12H3. The zero-order chi connectivity index (χ0) is 46.8. The van der Waals surface area contributed by atoms with Crippen molar-refractivity contribution in [2.24, 2.45) is 0 Å². The van der Waals surface area contributed by atoms with Crippen molar-refractivity contribution in [1.82, 2.24) is 0 Å². The largest absolute Gasteiger partial charge is 0.244 e. The molecule has 0 radical (unpaired) electrons. The molecule has 2 heteroatoms. The molecule has 0 atom stereocenters. The smallest absolute Gasteiger partial charge is 0.0664 e. The van der Waals surface area contributed by atoms with Gasteiger partial charge < -0.3 is 0 Å². The Bertz CT molecular complexity index is 3690. The molecule has 14 rings (SSSR count). The van der Waals surface area contributed by atoms with Crippen LogP contribution in [-0.2, 0) is 10.8 Å². The van der Waals surface area contributed by atoms with Crippen molar-refractivity contribution in [3.05, 3.63) is 166 Å². The molecule has 0 aromatic heterocycles. The fourth-order valence-corrected chi connectivity index (χ4v) is 14.4. The Morgan fingerprint density at radius 2 is 0.647 bits per heavy atom. The Labute approximate surface area is 403 Å². The van der Waals surface area contributed by atoms with Gasteiger partial charge in [0, 0.05) is 0 Å². The van der Waals surface area contributed by atoms with Crippen molar-refractivity contribution < 1.29 is 0 Å². The molecular formula is C66H56B2. The monoisotopic (exact) mass is 870 g/mol. The molecule has 10 aromatic rings. The summed E-state index contributed by atoms with van der Waals surface area (Å²) >= 11 is 0. The lowest BCUT2D eigenvalue weighted by Crippen LogP contribution is -2.53. The van der Waals surface area contributed by atoms with Crippen molar-refractivity contribution >= 4 is 78.5 Å². The summed E-state index contributed by atoms with van der Waals surface area (Å²) in [6, 6.07) is 49.3. The molecule has 0 fully saturated rings. The normalized spacial score (nSPS) is 13.8. The van der Waals surface area contributed by atoms with Gasteiger partial charge in [-0.3, -0.25) is 0 Å². The topological polar surface area (TPSA) is 0 Å². The van der Waals surface area contributed by atoms with Crippen LogP contribution >= 0.6 is 0 Å². The van der Waals surface area contributed by atoms with Crippen LogP contribution in [0.1, 0.15) is 86.1 Å². The summed E-state index contributed by atoms with van der Waals surface area (Å²) in [5.74, 6) is 0. The molecule has 0 N–H and O–H groups in total. The van der Waals surface area contributed by atoms with Crippen LogP contribution in [0, 0.1) is 41.5 Å². The molecule has 0 saturated heterocycles. The van der Waals surface area contributed by atoms with E-state index in [4.69, 9.17) is 0 Å². The quantitative estimate of drug-likeness (QED) is 0.120. The van der Waals surface area contributed by atoms with Crippen molar-refractivity contribution in [3.8, 4) is 66.8 Å². The molecular weight excluding hydrogens is 814 g/mol. The highest BCUT2D eigenvalue weighted by atomic mass is 14.4. The minimum atomic E-state index is -0.0230. The third-order valence-corrected chi connectivity index (χ3v) is 17.1. The first-order valence-electron chi connectivity index (χ1n) is 25.1. The first-order valence-corrected chi connectivity index (χ1v) is 25.1. The van der Waals surface area contributed by atoms with E-state index in [9.17, 15) is 0 Å². The number of benzene rings is 10. The first-order chi connectivity index (χ1) is 32.5. The number of hydrogen-bond donors (Lipinski definition) is 0. The Kier molecular flexibility index (Phi) is 7.80. The summed E-state index contributed by atoms with van der Waals surface area (Å²) < 4.78 is 0. The van der Waals surface area contributed by atoms with Crippen LogP contribution in [0.4, 0.5) is 0 Å². The van der Waals surface area contributed by atoms with E-state index in [2.05, 4.69) is 204 Å². The number of rotatable bonds is 2. The SMILES string of the molecule is Cc1cc(C)c(-c2cc3c4c(cc5c(-c6c(C)cc(C)cc6C)cc6c7c(cc2c4c57)B2c4ccccc4-c4cc(C(C)(C)C)cc-6c42)B2c4ccccc4-c4cc(C(C)(C)C)cc-3c42)c(C)c1. The molecule has 4 heterocycles. The molecule has 0 spiro atoms. The van der Waals surface area contributed by atoms with Crippen molar-refractivity contribution in [3.63, 3.8) is 0 Å². The molecule has 68 heavy (non-hydrogen) atoms. The molecule has 0 aliphatic carbocycles. The molecule has 326 valence electrons. The van der Waals surface area contributed by atoms with Crippen molar-refractivity contribution in [2.75, 3.05) is 0 Å². The van der Waals surface area contributed by atoms with Gasteiger partial charge >= 0.3 is 0 Å². The third-order valence-electron chi connectivity index (χ3n) is 17.1. The summed E-state index contributed by atoms with van der Waals surface area (Å²) in [4.78, 5) is 0. The highest BCUT2D eigenvalue weighted by Gasteiger charge is 2.45. The molecule has 0 nitrogen and oxygen atoms in total. The van der Waals surface area contributed by atoms with Crippen LogP contribution in [0.25, 0.3) is 99.1 Å². The lowest BCUT2D eigenvalue weighted by atomic mass is 9.34. The van der Waals surface area contributed by atoms with Gasteiger partial charge in [-0.15, -0.1) is 0 Å². The lowest BCUT2D eigenvalue weighted by molar-refractivity contribution is 0.590. The predicted molar refractivity (Wildman–Crippen MR) is 298 cm³/mol. The fraction of sp³-hybridized carbons (Fsp3) is 0.212. The van der Waals surface area contributed by atoms with Gasteiger partial charge in [-0.2, -0.15) is 0 Å². The fourth-order valence-electron chi connectivity index (χ4n) is 14.4. The summed E-state index contributed by atoms with van der Waals surface area (Å²) in [6.45, 7) is 28.5. The van der Waals surface area contributed by atoms with E-state index in [1.54, 1.807) is 0 Å². The highest BCUT2D eigenvalue weighted by molar-refractivity contribution is 7.03. The maximum atomic E-state index is 2.70. The maximum Gasteiger partial charge on any atom is 0.244 e. The molecule has 4 aliphatic rings. The Morgan fingerprint density at radius 1 is 0.309 bits per heavy atom. The van der Waals surface area contributed by atoms with E-state index in [0.29, 0.717) is 0 Å². The molecule has 0 unspecified atom stereocenters. The van der Waals surface area contributed by atoms with Gasteiger partial charge in [0.15, 0.2) is 0 Å². The van der Waals surface area contributed by atoms with E-state index in [1.807, 2.05) is 0 Å². The Hall–Kier alpha value is -6.63. The molecule has 10 aromatic carbocycles. The second kappa shape index (κ2) is 13.1. The van der Waals surface area contributed by atoms with Crippen molar-refractivity contribution in [1.29, 1.82) is 0 Å². The minimum Gasteiger partial charge on any atom is -0.0664 e. The van der Waals surface area contributed by atoms with Gasteiger partial charge in [-0.25, -0.2) is 0 Å². The van der Waals surface area contributed by atoms with Gasteiger partial charge in [0.2, 0.25) is 13.4 Å². The average Bonchev–Trinajstić information content (AvgIpc) is 3.80. The third kappa shape index (κ3) is 5.09. The maximum absolute atomic E-state index is 2.70. The van der Waals surface area contributed by atoms with Crippen LogP contribution < -0.4 is 32.8 Å². The van der Waals surface area contributed by atoms with Crippen molar-refractivity contribution in [2.45, 2.75) is 93.9 Å². The van der Waals surface area contributed by atoms with E-state index in [1.165, 1.54) is 176 Å². The minimum absolute atomic E-state index is 0.0230. The summed E-state index contributed by atoms with van der Waals surface area (Å²) in [7, 11) is 0. The van der Waals surface area contributed by atoms with Gasteiger partial charge in [-0.05, 0) is 197 Å². The Balaban J connectivity index is 1.27. The van der Waals surface area contributed by atoms with Gasteiger partial charge in [0.1, 0.15) is 0 Å². The highest BCUT2D eigenvalue weighted by Crippen LogP contribution is 2.53. The lowest BCUT2D eigenvalue weighted by Gasteiger charge is -2.34. The number of fused-ring (bicyclic) bond motifs is 10. The first kappa shape index (κ1) is 40.4. The zero-order valence-corrected chi connectivity index (χ0v) is 41.7. The second-order valence-corrected chi connectivity index (χ2v) is 23.5. The van der Waals surface area contributed by atoms with E-state index < -0.39 is 0 Å². The summed E-state index contributed by atoms with van der Waals surface area (Å²) in [5, 5.41) is 8.53. The van der Waals surface area contributed by atoms with Crippen LogP contribution in [0.3, 0.4) is 0 Å². The average molecular weight is 871 g/mol. The molecule has 0 saturated carbocycles.